The summed E-state index contributed by atoms with van der Waals surface area (Å²) in [6, 6.07) is 7.26. The molecule has 3 rings (SSSR count). The Kier molecular flexibility index (Phi) is 4.27. The second-order valence-electron chi connectivity index (χ2n) is 6.22. The first-order valence-corrected chi connectivity index (χ1v) is 9.08. The van der Waals surface area contributed by atoms with Crippen LogP contribution in [0.25, 0.3) is 0 Å². The van der Waals surface area contributed by atoms with Gasteiger partial charge in [0.25, 0.3) is 0 Å². The number of hydrogen-bond donors (Lipinski definition) is 1. The maximum absolute atomic E-state index is 12.6. The topological polar surface area (TPSA) is 69.3 Å². The van der Waals surface area contributed by atoms with Crippen LogP contribution in [0.3, 0.4) is 0 Å². The van der Waals surface area contributed by atoms with Gasteiger partial charge in [-0.3, -0.25) is 10.00 Å². The molecule has 23 heavy (non-hydrogen) atoms. The lowest BCUT2D eigenvalue weighted by molar-refractivity contribution is 0.105. The molecule has 2 heterocycles. The van der Waals surface area contributed by atoms with Gasteiger partial charge in [0.05, 0.1) is 11.1 Å². The van der Waals surface area contributed by atoms with Crippen LogP contribution in [0, 0.1) is 13.8 Å². The number of aromatic amines is 1. The monoisotopic (exact) mass is 334 g/mol. The average Bonchev–Trinajstić information content (AvgIpc) is 2.82. The lowest BCUT2D eigenvalue weighted by Gasteiger charge is -2.43. The third-order valence-electron chi connectivity index (χ3n) is 4.46. The second kappa shape index (κ2) is 6.07. The molecule has 6 nitrogen and oxygen atoms in total. The van der Waals surface area contributed by atoms with Gasteiger partial charge in [0.15, 0.2) is 0 Å². The van der Waals surface area contributed by atoms with Gasteiger partial charge in [-0.25, -0.2) is 8.42 Å². The molecule has 1 aromatic carbocycles. The van der Waals surface area contributed by atoms with Gasteiger partial charge in [0, 0.05) is 36.9 Å². The number of hydrogen-bond acceptors (Lipinski definition) is 4. The zero-order chi connectivity index (χ0) is 16.6. The Morgan fingerprint density at radius 3 is 2.48 bits per heavy atom. The van der Waals surface area contributed by atoms with Crippen LogP contribution in [-0.4, -0.2) is 54.0 Å². The van der Waals surface area contributed by atoms with Gasteiger partial charge in [-0.1, -0.05) is 17.7 Å². The van der Waals surface area contributed by atoms with Gasteiger partial charge in [0.2, 0.25) is 10.0 Å². The van der Waals surface area contributed by atoms with E-state index in [1.165, 1.54) is 0 Å². The molecule has 0 radical (unpaired) electrons. The number of aryl methyl sites for hydroxylation is 2. The Morgan fingerprint density at radius 2 is 1.91 bits per heavy atom. The van der Waals surface area contributed by atoms with E-state index in [1.54, 1.807) is 16.4 Å². The van der Waals surface area contributed by atoms with Gasteiger partial charge in [-0.15, -0.1) is 0 Å². The predicted octanol–water partition coefficient (Wildman–Crippen LogP) is 1.53. The van der Waals surface area contributed by atoms with Crippen LogP contribution in [0.2, 0.25) is 0 Å². The lowest BCUT2D eigenvalue weighted by atomic mass is 10.1. The molecule has 0 spiro atoms. The molecule has 0 aliphatic carbocycles. The van der Waals surface area contributed by atoms with Crippen molar-refractivity contribution in [3.8, 4) is 0 Å². The fourth-order valence-electron chi connectivity index (χ4n) is 2.68. The van der Waals surface area contributed by atoms with E-state index in [1.807, 2.05) is 39.2 Å². The van der Waals surface area contributed by atoms with E-state index in [9.17, 15) is 8.42 Å². The van der Waals surface area contributed by atoms with E-state index in [2.05, 4.69) is 15.1 Å². The minimum Gasteiger partial charge on any atom is -0.296 e. The highest BCUT2D eigenvalue weighted by molar-refractivity contribution is 7.89. The zero-order valence-corrected chi connectivity index (χ0v) is 14.5. The number of H-pyrrole nitrogens is 1. The van der Waals surface area contributed by atoms with Gasteiger partial charge in [0.1, 0.15) is 0 Å². The van der Waals surface area contributed by atoms with E-state index in [0.717, 1.165) is 23.4 Å². The zero-order valence-electron chi connectivity index (χ0n) is 13.7. The number of aromatic nitrogens is 2. The summed E-state index contributed by atoms with van der Waals surface area (Å²) in [5.41, 5.74) is 3.26. The first kappa shape index (κ1) is 16.2. The van der Waals surface area contributed by atoms with E-state index in [0.29, 0.717) is 18.0 Å². The van der Waals surface area contributed by atoms with Crippen LogP contribution in [0.1, 0.15) is 16.8 Å². The summed E-state index contributed by atoms with van der Waals surface area (Å²) in [5, 5.41) is 6.95. The van der Waals surface area contributed by atoms with Crippen molar-refractivity contribution >= 4 is 10.0 Å². The van der Waals surface area contributed by atoms with Crippen molar-refractivity contribution in [1.82, 2.24) is 19.4 Å². The minimum atomic E-state index is -3.37. The van der Waals surface area contributed by atoms with Crippen molar-refractivity contribution in [2.45, 2.75) is 31.3 Å². The molecule has 0 saturated carbocycles. The molecule has 124 valence electrons. The molecule has 1 saturated heterocycles. The summed E-state index contributed by atoms with van der Waals surface area (Å²) in [5.74, 6) is 0. The third-order valence-corrected chi connectivity index (χ3v) is 6.31. The molecule has 1 aliphatic rings. The molecule has 0 amide bonds. The van der Waals surface area contributed by atoms with Crippen molar-refractivity contribution in [2.75, 3.05) is 20.1 Å². The third kappa shape index (κ3) is 3.17. The number of likely N-dealkylation sites (N-methyl/N-ethyl adjacent to an activating group) is 1. The van der Waals surface area contributed by atoms with Crippen LogP contribution in [0.15, 0.2) is 35.4 Å². The van der Waals surface area contributed by atoms with Crippen molar-refractivity contribution < 1.29 is 8.42 Å². The first-order valence-electron chi connectivity index (χ1n) is 7.64. The number of benzene rings is 1. The summed E-state index contributed by atoms with van der Waals surface area (Å²) in [4.78, 5) is 2.55. The van der Waals surface area contributed by atoms with Gasteiger partial charge >= 0.3 is 0 Å². The fourth-order valence-corrected chi connectivity index (χ4v) is 4.20. The van der Waals surface area contributed by atoms with E-state index < -0.39 is 10.0 Å². The molecule has 1 aromatic heterocycles. The summed E-state index contributed by atoms with van der Waals surface area (Å²) in [7, 11) is -1.35. The maximum Gasteiger partial charge on any atom is 0.243 e. The van der Waals surface area contributed by atoms with Gasteiger partial charge in [-0.05, 0) is 33.0 Å². The molecule has 0 bridgehead atoms. The largest absolute Gasteiger partial charge is 0.296 e. The Morgan fingerprint density at radius 1 is 1.26 bits per heavy atom. The standard InChI is InChI=1S/C16H22N4O2S/c1-12-4-6-16(7-5-12)23(21,22)20-10-15(11-20)19(3)9-14-8-17-18-13(14)2/h4-8,15H,9-11H2,1-3H3,(H,17,18). The Bertz CT molecular complexity index is 777. The van der Waals surface area contributed by atoms with E-state index in [-0.39, 0.29) is 6.04 Å². The number of sulfonamides is 1. The second-order valence-corrected chi connectivity index (χ2v) is 8.16. The molecule has 7 heteroatoms. The highest BCUT2D eigenvalue weighted by Crippen LogP contribution is 2.25. The average molecular weight is 334 g/mol. The first-order chi connectivity index (χ1) is 10.9. The van der Waals surface area contributed by atoms with Gasteiger partial charge < -0.3 is 0 Å². The summed E-state index contributed by atoms with van der Waals surface area (Å²) < 4.78 is 26.7. The number of nitrogens with one attached hydrogen (secondary N) is 1. The van der Waals surface area contributed by atoms with Crippen LogP contribution in [0.4, 0.5) is 0 Å². The Labute approximate surface area is 137 Å². The van der Waals surface area contributed by atoms with Crippen LogP contribution >= 0.6 is 0 Å². The molecule has 0 unspecified atom stereocenters. The SMILES string of the molecule is Cc1ccc(S(=O)(=O)N2CC(N(C)Cc3cn[nH]c3C)C2)cc1. The molecule has 2 aromatic rings. The van der Waals surface area contributed by atoms with Crippen molar-refractivity contribution in [2.24, 2.45) is 0 Å². The highest BCUT2D eigenvalue weighted by Gasteiger charge is 2.38. The normalized spacial score (nSPS) is 16.7. The molecule has 1 N–H and O–H groups in total. The quantitative estimate of drug-likeness (QED) is 0.900. The Hall–Kier alpha value is -1.70. The molecular formula is C16H22N4O2S. The number of rotatable bonds is 5. The van der Waals surface area contributed by atoms with Gasteiger partial charge in [-0.2, -0.15) is 9.40 Å². The van der Waals surface area contributed by atoms with E-state index in [4.69, 9.17) is 0 Å². The molecular weight excluding hydrogens is 312 g/mol. The maximum atomic E-state index is 12.6. The molecule has 1 fully saturated rings. The van der Waals surface area contributed by atoms with Crippen molar-refractivity contribution in [3.05, 3.63) is 47.3 Å². The number of nitrogens with zero attached hydrogens (tertiary/aromatic N) is 3. The summed E-state index contributed by atoms with van der Waals surface area (Å²) >= 11 is 0. The van der Waals surface area contributed by atoms with Crippen LogP contribution < -0.4 is 0 Å². The van der Waals surface area contributed by atoms with Crippen LogP contribution in [0.5, 0.6) is 0 Å². The highest BCUT2D eigenvalue weighted by atomic mass is 32.2. The molecule has 1 aliphatic heterocycles. The smallest absolute Gasteiger partial charge is 0.243 e. The van der Waals surface area contributed by atoms with Crippen molar-refractivity contribution in [3.63, 3.8) is 0 Å². The molecule has 0 atom stereocenters. The van der Waals surface area contributed by atoms with Crippen LogP contribution in [-0.2, 0) is 16.6 Å². The summed E-state index contributed by atoms with van der Waals surface area (Å²) in [6.07, 6.45) is 1.82. The predicted molar refractivity (Wildman–Crippen MR) is 88.5 cm³/mol. The van der Waals surface area contributed by atoms with Crippen molar-refractivity contribution in [1.29, 1.82) is 0 Å². The lowest BCUT2D eigenvalue weighted by Crippen LogP contribution is -2.59. The fraction of sp³-hybridized carbons (Fsp3) is 0.438. The summed E-state index contributed by atoms with van der Waals surface area (Å²) in [6.45, 7) is 5.77. The minimum absolute atomic E-state index is 0.240. The Balaban J connectivity index is 1.62. The van der Waals surface area contributed by atoms with E-state index >= 15 is 0 Å².